The van der Waals surface area contributed by atoms with E-state index in [1.165, 1.54) is 36.8 Å². The van der Waals surface area contributed by atoms with Crippen LogP contribution in [0.15, 0.2) is 40.9 Å². The maximum Gasteiger partial charge on any atom is 0.233 e. The van der Waals surface area contributed by atoms with Crippen LogP contribution in [-0.2, 0) is 10.5 Å². The first-order valence-electron chi connectivity index (χ1n) is 8.64. The molecule has 2 aliphatic rings. The van der Waals surface area contributed by atoms with Gasteiger partial charge in [0.15, 0.2) is 0 Å². The first-order chi connectivity index (χ1) is 11.7. The van der Waals surface area contributed by atoms with Gasteiger partial charge in [0.1, 0.15) is 4.38 Å². The molecule has 1 N–H and O–H groups in total. The molecule has 5 heteroatoms. The van der Waals surface area contributed by atoms with Crippen LogP contribution >= 0.6 is 23.5 Å². The van der Waals surface area contributed by atoms with Crippen molar-refractivity contribution in [2.75, 3.05) is 6.54 Å². The van der Waals surface area contributed by atoms with Crippen LogP contribution in [0.4, 0.5) is 5.69 Å². The highest BCUT2D eigenvalue weighted by Crippen LogP contribution is 2.35. The van der Waals surface area contributed by atoms with Gasteiger partial charge in [-0.1, -0.05) is 53.4 Å². The molecule has 1 amide bonds. The van der Waals surface area contributed by atoms with Crippen LogP contribution in [0.1, 0.15) is 44.6 Å². The summed E-state index contributed by atoms with van der Waals surface area (Å²) < 4.78 is 0.992. The van der Waals surface area contributed by atoms with Crippen molar-refractivity contribution in [2.24, 2.45) is 4.99 Å². The van der Waals surface area contributed by atoms with Crippen molar-refractivity contribution in [3.63, 3.8) is 0 Å². The minimum atomic E-state index is -0.109. The third kappa shape index (κ3) is 4.90. The lowest BCUT2D eigenvalue weighted by atomic mass is 9.97. The Morgan fingerprint density at radius 3 is 3.08 bits per heavy atom. The zero-order valence-electron chi connectivity index (χ0n) is 14.1. The van der Waals surface area contributed by atoms with Crippen LogP contribution in [0.3, 0.4) is 0 Å². The molecular weight excluding hydrogens is 336 g/mol. The highest BCUT2D eigenvalue weighted by Gasteiger charge is 2.19. The van der Waals surface area contributed by atoms with Crippen LogP contribution in [0.25, 0.3) is 0 Å². The first kappa shape index (κ1) is 17.6. The number of amides is 1. The molecule has 0 radical (unpaired) electrons. The molecule has 3 nitrogen and oxygen atoms in total. The van der Waals surface area contributed by atoms with Crippen LogP contribution in [0.5, 0.6) is 0 Å². The van der Waals surface area contributed by atoms with Gasteiger partial charge in [-0.2, -0.15) is 0 Å². The Morgan fingerprint density at radius 2 is 2.25 bits per heavy atom. The summed E-state index contributed by atoms with van der Waals surface area (Å²) in [6.07, 6.45) is 8.35. The number of nitrogens with zero attached hydrogens (tertiary/aromatic N) is 1. The fourth-order valence-corrected chi connectivity index (χ4v) is 5.11. The SMILES string of the molecule is C[C@H](SC1=Nc2ccccc2CS1)C(=O)NCCC1=CCCCC1. The Bertz CT molecular complexity index is 655. The van der Waals surface area contributed by atoms with Crippen molar-refractivity contribution in [3.8, 4) is 0 Å². The van der Waals surface area contributed by atoms with Gasteiger partial charge in [-0.05, 0) is 50.7 Å². The molecule has 24 heavy (non-hydrogen) atoms. The molecule has 0 spiro atoms. The highest BCUT2D eigenvalue weighted by atomic mass is 32.2. The Hall–Kier alpha value is -1.20. The second kappa shape index (κ2) is 8.77. The first-order valence-corrected chi connectivity index (χ1v) is 10.5. The summed E-state index contributed by atoms with van der Waals surface area (Å²) in [6.45, 7) is 2.71. The number of fused-ring (bicyclic) bond motifs is 1. The standard InChI is InChI=1S/C19H24N2OS2/c1-14(18(22)20-12-11-15-7-3-2-4-8-15)24-19-21-17-10-6-5-9-16(17)13-23-19/h5-7,9-10,14H,2-4,8,11-13H2,1H3,(H,20,22)/t14-/m0/s1. The number of allylic oxidation sites excluding steroid dienone is 1. The summed E-state index contributed by atoms with van der Waals surface area (Å²) >= 11 is 3.29. The van der Waals surface area contributed by atoms with E-state index in [2.05, 4.69) is 22.5 Å². The lowest BCUT2D eigenvalue weighted by Gasteiger charge is -2.18. The van der Waals surface area contributed by atoms with E-state index in [-0.39, 0.29) is 11.2 Å². The molecule has 0 saturated carbocycles. The minimum Gasteiger partial charge on any atom is -0.355 e. The van der Waals surface area contributed by atoms with Crippen molar-refractivity contribution in [3.05, 3.63) is 41.5 Å². The number of thioether (sulfide) groups is 2. The van der Waals surface area contributed by atoms with E-state index in [1.54, 1.807) is 23.5 Å². The predicted octanol–water partition coefficient (Wildman–Crippen LogP) is 5.05. The molecule has 0 fully saturated rings. The maximum atomic E-state index is 12.3. The Kier molecular flexibility index (Phi) is 6.44. The van der Waals surface area contributed by atoms with Crippen molar-refractivity contribution >= 4 is 39.5 Å². The van der Waals surface area contributed by atoms with Gasteiger partial charge >= 0.3 is 0 Å². The molecule has 1 aromatic carbocycles. The molecule has 1 aliphatic carbocycles. The summed E-state index contributed by atoms with van der Waals surface area (Å²) in [6, 6.07) is 8.21. The third-order valence-corrected chi connectivity index (χ3v) is 6.63. The fraction of sp³-hybridized carbons (Fsp3) is 0.474. The average molecular weight is 361 g/mol. The van der Waals surface area contributed by atoms with Gasteiger partial charge in [0, 0.05) is 12.3 Å². The monoisotopic (exact) mass is 360 g/mol. The van der Waals surface area contributed by atoms with E-state index in [0.29, 0.717) is 0 Å². The second-order valence-electron chi connectivity index (χ2n) is 6.20. The normalized spacial score (nSPS) is 18.2. The molecule has 1 heterocycles. The van der Waals surface area contributed by atoms with E-state index in [9.17, 15) is 4.79 Å². The Balaban J connectivity index is 1.46. The number of aliphatic imine (C=N–C) groups is 1. The van der Waals surface area contributed by atoms with Gasteiger partial charge in [0.2, 0.25) is 5.91 Å². The van der Waals surface area contributed by atoms with E-state index >= 15 is 0 Å². The molecule has 0 unspecified atom stereocenters. The summed E-state index contributed by atoms with van der Waals surface area (Å²) in [4.78, 5) is 17.0. The molecule has 1 aromatic rings. The minimum absolute atomic E-state index is 0.109. The van der Waals surface area contributed by atoms with Gasteiger partial charge < -0.3 is 5.32 Å². The van der Waals surface area contributed by atoms with Gasteiger partial charge in [-0.3, -0.25) is 4.79 Å². The van der Waals surface area contributed by atoms with E-state index in [0.717, 1.165) is 28.8 Å². The lowest BCUT2D eigenvalue weighted by molar-refractivity contribution is -0.120. The van der Waals surface area contributed by atoms with Crippen LogP contribution in [0, 0.1) is 0 Å². The summed E-state index contributed by atoms with van der Waals surface area (Å²) in [5.41, 5.74) is 3.81. The zero-order chi connectivity index (χ0) is 16.8. The van der Waals surface area contributed by atoms with Crippen molar-refractivity contribution in [2.45, 2.75) is 50.0 Å². The van der Waals surface area contributed by atoms with Gasteiger partial charge in [0.25, 0.3) is 0 Å². The molecule has 0 bridgehead atoms. The van der Waals surface area contributed by atoms with Crippen molar-refractivity contribution in [1.29, 1.82) is 0 Å². The fourth-order valence-electron chi connectivity index (χ4n) is 2.90. The number of carbonyl (C=O) groups is 1. The topological polar surface area (TPSA) is 41.5 Å². The average Bonchev–Trinajstić information content (AvgIpc) is 2.62. The number of hydrogen-bond donors (Lipinski definition) is 1. The number of carbonyl (C=O) groups excluding carboxylic acids is 1. The smallest absolute Gasteiger partial charge is 0.233 e. The number of nitrogens with one attached hydrogen (secondary N) is 1. The molecule has 3 rings (SSSR count). The summed E-state index contributed by atoms with van der Waals surface area (Å²) in [5.74, 6) is 1.04. The van der Waals surface area contributed by atoms with Gasteiger partial charge in [0.05, 0.1) is 10.9 Å². The number of para-hydroxylation sites is 1. The van der Waals surface area contributed by atoms with Crippen molar-refractivity contribution in [1.82, 2.24) is 5.32 Å². The number of rotatable bonds is 5. The third-order valence-electron chi connectivity index (χ3n) is 4.33. The Morgan fingerprint density at radius 1 is 1.38 bits per heavy atom. The maximum absolute atomic E-state index is 12.3. The highest BCUT2D eigenvalue weighted by molar-refractivity contribution is 8.39. The summed E-state index contributed by atoms with van der Waals surface area (Å²) in [5, 5.41) is 2.96. The zero-order valence-corrected chi connectivity index (χ0v) is 15.7. The molecule has 0 aromatic heterocycles. The molecule has 1 aliphatic heterocycles. The summed E-state index contributed by atoms with van der Waals surface area (Å²) in [7, 11) is 0. The van der Waals surface area contributed by atoms with Crippen LogP contribution in [-0.4, -0.2) is 22.1 Å². The van der Waals surface area contributed by atoms with E-state index in [1.807, 2.05) is 25.1 Å². The largest absolute Gasteiger partial charge is 0.355 e. The number of benzene rings is 1. The predicted molar refractivity (Wildman–Crippen MR) is 106 cm³/mol. The lowest BCUT2D eigenvalue weighted by Crippen LogP contribution is -2.32. The van der Waals surface area contributed by atoms with E-state index < -0.39 is 0 Å². The second-order valence-corrected chi connectivity index (χ2v) is 8.76. The molecular formula is C19H24N2OS2. The Labute approximate surface area is 152 Å². The molecule has 128 valence electrons. The molecule has 1 atom stereocenters. The number of hydrogen-bond acceptors (Lipinski definition) is 4. The van der Waals surface area contributed by atoms with Gasteiger partial charge in [-0.25, -0.2) is 4.99 Å². The molecule has 0 saturated heterocycles. The van der Waals surface area contributed by atoms with Crippen LogP contribution in [0.2, 0.25) is 0 Å². The van der Waals surface area contributed by atoms with E-state index in [4.69, 9.17) is 0 Å². The van der Waals surface area contributed by atoms with Gasteiger partial charge in [-0.15, -0.1) is 0 Å². The van der Waals surface area contributed by atoms with Crippen molar-refractivity contribution < 1.29 is 4.79 Å². The van der Waals surface area contributed by atoms with Crippen LogP contribution < -0.4 is 5.32 Å². The quantitative estimate of drug-likeness (QED) is 0.747.